The fraction of sp³-hybridized carbons (Fsp3) is 0.593. The van der Waals surface area contributed by atoms with Crippen LogP contribution >= 0.6 is 11.6 Å². The van der Waals surface area contributed by atoms with Crippen LogP contribution in [-0.2, 0) is 11.2 Å². The van der Waals surface area contributed by atoms with Gasteiger partial charge in [-0.15, -0.1) is 0 Å². The zero-order valence-corrected chi connectivity index (χ0v) is 21.4. The largest absolute Gasteiger partial charge is 0.493 e. The highest BCUT2D eigenvalue weighted by Gasteiger charge is 2.49. The summed E-state index contributed by atoms with van der Waals surface area (Å²) in [5, 5.41) is 0.547. The van der Waals surface area contributed by atoms with Crippen molar-refractivity contribution in [3.8, 4) is 5.75 Å². The van der Waals surface area contributed by atoms with E-state index < -0.39 is 0 Å². The van der Waals surface area contributed by atoms with Crippen LogP contribution in [0.25, 0.3) is 0 Å². The lowest BCUT2D eigenvalue weighted by Crippen LogP contribution is -2.52. The molecule has 1 amide bonds. The van der Waals surface area contributed by atoms with Gasteiger partial charge in [0.1, 0.15) is 11.6 Å². The maximum Gasteiger partial charge on any atom is 0.227 e. The SMILES string of the molecule is NC1CCC12CCN(C(=O)Cc1ccc(OCCCC3CCN(c4ncc(Cl)cn4)CC3)cc1F)C2. The number of amides is 1. The minimum Gasteiger partial charge on any atom is -0.493 e. The Balaban J connectivity index is 1.01. The smallest absolute Gasteiger partial charge is 0.227 e. The van der Waals surface area contributed by atoms with Crippen molar-refractivity contribution >= 4 is 23.5 Å². The van der Waals surface area contributed by atoms with Gasteiger partial charge in [-0.25, -0.2) is 14.4 Å². The second-order valence-electron chi connectivity index (χ2n) is 10.6. The van der Waals surface area contributed by atoms with Gasteiger partial charge < -0.3 is 20.3 Å². The molecule has 3 aliphatic rings. The van der Waals surface area contributed by atoms with Crippen molar-refractivity contribution < 1.29 is 13.9 Å². The van der Waals surface area contributed by atoms with Gasteiger partial charge in [0.25, 0.3) is 0 Å². The highest BCUT2D eigenvalue weighted by Crippen LogP contribution is 2.47. The number of hydrogen-bond acceptors (Lipinski definition) is 6. The van der Waals surface area contributed by atoms with Gasteiger partial charge in [0, 0.05) is 43.7 Å². The van der Waals surface area contributed by atoms with Crippen LogP contribution in [0, 0.1) is 17.2 Å². The summed E-state index contributed by atoms with van der Waals surface area (Å²) >= 11 is 5.87. The molecule has 7 nitrogen and oxygen atoms in total. The van der Waals surface area contributed by atoms with Crippen LogP contribution in [-0.4, -0.2) is 59.6 Å². The molecular formula is C27H35ClFN5O2. The van der Waals surface area contributed by atoms with Gasteiger partial charge in [-0.2, -0.15) is 0 Å². The van der Waals surface area contributed by atoms with Crippen LogP contribution in [0.5, 0.6) is 5.75 Å². The van der Waals surface area contributed by atoms with E-state index in [2.05, 4.69) is 14.9 Å². The number of anilines is 1. The lowest BCUT2D eigenvalue weighted by molar-refractivity contribution is -0.130. The molecule has 0 bridgehead atoms. The number of benzene rings is 1. The van der Waals surface area contributed by atoms with Crippen molar-refractivity contribution in [1.82, 2.24) is 14.9 Å². The maximum atomic E-state index is 14.7. The van der Waals surface area contributed by atoms with Crippen LogP contribution in [0.1, 0.15) is 50.5 Å². The van der Waals surface area contributed by atoms with Gasteiger partial charge in [0.15, 0.2) is 0 Å². The van der Waals surface area contributed by atoms with Crippen molar-refractivity contribution in [2.24, 2.45) is 17.1 Å². The number of hydrogen-bond donors (Lipinski definition) is 1. The van der Waals surface area contributed by atoms with Gasteiger partial charge in [-0.1, -0.05) is 17.7 Å². The highest BCUT2D eigenvalue weighted by molar-refractivity contribution is 6.30. The van der Waals surface area contributed by atoms with Crippen LogP contribution in [0.3, 0.4) is 0 Å². The first-order valence-electron chi connectivity index (χ1n) is 13.1. The molecule has 3 heterocycles. The molecule has 9 heteroatoms. The summed E-state index contributed by atoms with van der Waals surface area (Å²) in [5.41, 5.74) is 6.70. The first-order valence-corrected chi connectivity index (χ1v) is 13.5. The molecule has 36 heavy (non-hydrogen) atoms. The third-order valence-electron chi connectivity index (χ3n) is 8.37. The molecule has 1 aromatic carbocycles. The number of carbonyl (C=O) groups excluding carboxylic acids is 1. The van der Waals surface area contributed by atoms with Crippen LogP contribution in [0.4, 0.5) is 10.3 Å². The summed E-state index contributed by atoms with van der Waals surface area (Å²) in [6.45, 7) is 3.86. The number of carbonyl (C=O) groups is 1. The monoisotopic (exact) mass is 515 g/mol. The number of ether oxygens (including phenoxy) is 1. The third-order valence-corrected chi connectivity index (χ3v) is 8.57. The fourth-order valence-electron chi connectivity index (χ4n) is 5.82. The summed E-state index contributed by atoms with van der Waals surface area (Å²) in [6.07, 6.45) is 10.6. The van der Waals surface area contributed by atoms with Crippen LogP contribution in [0.2, 0.25) is 5.02 Å². The Morgan fingerprint density at radius 1 is 1.17 bits per heavy atom. The third kappa shape index (κ3) is 5.59. The highest BCUT2D eigenvalue weighted by atomic mass is 35.5. The van der Waals surface area contributed by atoms with Gasteiger partial charge in [-0.3, -0.25) is 4.79 Å². The van der Waals surface area contributed by atoms with E-state index >= 15 is 0 Å². The number of rotatable bonds is 8. The zero-order valence-electron chi connectivity index (χ0n) is 20.7. The van der Waals surface area contributed by atoms with E-state index in [-0.39, 0.29) is 29.6 Å². The fourth-order valence-corrected chi connectivity index (χ4v) is 5.92. The molecule has 2 aliphatic heterocycles. The molecule has 1 saturated carbocycles. The molecule has 3 fully saturated rings. The van der Waals surface area contributed by atoms with E-state index in [4.69, 9.17) is 22.1 Å². The molecule has 2 saturated heterocycles. The van der Waals surface area contributed by atoms with E-state index in [0.29, 0.717) is 35.4 Å². The summed E-state index contributed by atoms with van der Waals surface area (Å²) in [7, 11) is 0. The number of nitrogens with zero attached hydrogens (tertiary/aromatic N) is 4. The molecule has 2 aromatic rings. The molecule has 194 valence electrons. The quantitative estimate of drug-likeness (QED) is 0.530. The van der Waals surface area contributed by atoms with E-state index in [1.54, 1.807) is 24.5 Å². The summed E-state index contributed by atoms with van der Waals surface area (Å²) in [6, 6.07) is 5.04. The summed E-state index contributed by atoms with van der Waals surface area (Å²) in [5.74, 6) is 1.49. The van der Waals surface area contributed by atoms with E-state index in [1.165, 1.54) is 6.07 Å². The normalized spacial score (nSPS) is 24.2. The Hall–Kier alpha value is -2.45. The Labute approximate surface area is 217 Å². The second kappa shape index (κ2) is 10.9. The number of aromatic nitrogens is 2. The molecule has 1 aliphatic carbocycles. The minimum absolute atomic E-state index is 0.0211. The number of piperidine rings is 1. The van der Waals surface area contributed by atoms with E-state index in [0.717, 1.165) is 70.5 Å². The average molecular weight is 516 g/mol. The predicted octanol–water partition coefficient (Wildman–Crippen LogP) is 4.23. The molecule has 0 radical (unpaired) electrons. The van der Waals surface area contributed by atoms with Crippen molar-refractivity contribution in [3.63, 3.8) is 0 Å². The molecular weight excluding hydrogens is 481 g/mol. The lowest BCUT2D eigenvalue weighted by atomic mass is 9.64. The topological polar surface area (TPSA) is 84.6 Å². The first kappa shape index (κ1) is 25.2. The van der Waals surface area contributed by atoms with E-state index in [1.807, 2.05) is 4.90 Å². The van der Waals surface area contributed by atoms with Crippen molar-refractivity contribution in [1.29, 1.82) is 0 Å². The molecule has 1 spiro atoms. The molecule has 2 unspecified atom stereocenters. The first-order chi connectivity index (χ1) is 17.4. The van der Waals surface area contributed by atoms with Gasteiger partial charge in [0.05, 0.1) is 30.4 Å². The van der Waals surface area contributed by atoms with E-state index in [9.17, 15) is 9.18 Å². The standard InChI is InChI=1S/C27H35ClFN5O2/c28-21-16-31-26(32-17-21)33-10-6-19(7-11-33)2-1-13-36-22-4-3-20(23(29)15-22)14-25(35)34-12-9-27(18-34)8-5-24(27)30/h3-4,15-17,19,24H,1-2,5-14,18,30H2. The second-order valence-corrected chi connectivity index (χ2v) is 11.1. The van der Waals surface area contributed by atoms with Crippen molar-refractivity contribution in [2.75, 3.05) is 37.7 Å². The van der Waals surface area contributed by atoms with Crippen molar-refractivity contribution in [3.05, 3.63) is 47.0 Å². The Morgan fingerprint density at radius 2 is 1.94 bits per heavy atom. The number of likely N-dealkylation sites (tertiary alicyclic amines) is 1. The zero-order chi connectivity index (χ0) is 25.1. The van der Waals surface area contributed by atoms with Crippen LogP contribution in [0.15, 0.2) is 30.6 Å². The summed E-state index contributed by atoms with van der Waals surface area (Å²) < 4.78 is 20.5. The van der Waals surface area contributed by atoms with Crippen LogP contribution < -0.4 is 15.4 Å². The number of nitrogens with two attached hydrogens (primary N) is 1. The minimum atomic E-state index is -0.383. The van der Waals surface area contributed by atoms with Crippen molar-refractivity contribution in [2.45, 2.75) is 57.4 Å². The Morgan fingerprint density at radius 3 is 2.58 bits per heavy atom. The molecule has 5 rings (SSSR count). The lowest BCUT2D eigenvalue weighted by Gasteiger charge is -2.44. The maximum absolute atomic E-state index is 14.7. The van der Waals surface area contributed by atoms with Gasteiger partial charge in [0.2, 0.25) is 11.9 Å². The number of halogens is 2. The van der Waals surface area contributed by atoms with Gasteiger partial charge >= 0.3 is 0 Å². The molecule has 2 N–H and O–H groups in total. The molecule has 1 aromatic heterocycles. The average Bonchev–Trinajstić information content (AvgIpc) is 3.37. The predicted molar refractivity (Wildman–Crippen MR) is 138 cm³/mol. The Kier molecular flexibility index (Phi) is 7.62. The Bertz CT molecular complexity index is 1060. The van der Waals surface area contributed by atoms with Gasteiger partial charge in [-0.05, 0) is 62.5 Å². The summed E-state index contributed by atoms with van der Waals surface area (Å²) in [4.78, 5) is 25.4. The molecule has 2 atom stereocenters.